The molecule has 0 bridgehead atoms. The van der Waals surface area contributed by atoms with Crippen LogP contribution in [0.25, 0.3) is 0 Å². The van der Waals surface area contributed by atoms with Gasteiger partial charge in [0.2, 0.25) is 0 Å². The summed E-state index contributed by atoms with van der Waals surface area (Å²) in [5.74, 6) is -0.375. The third-order valence-electron chi connectivity index (χ3n) is 3.03. The highest BCUT2D eigenvalue weighted by Crippen LogP contribution is 2.08. The fourth-order valence-electron chi connectivity index (χ4n) is 1.81. The lowest BCUT2D eigenvalue weighted by molar-refractivity contribution is 0.0820. The lowest BCUT2D eigenvalue weighted by atomic mass is 10.1. The van der Waals surface area contributed by atoms with Gasteiger partial charge in [-0.3, -0.25) is 9.59 Å². The van der Waals surface area contributed by atoms with Crippen LogP contribution in [-0.2, 0) is 4.74 Å². The second-order valence-electron chi connectivity index (χ2n) is 5.03. The number of rotatable bonds is 8. The number of nitrogens with one attached hydrogen (secondary N) is 2. The molecule has 7 heteroatoms. The monoisotopic (exact) mass is 308 g/mol. The van der Waals surface area contributed by atoms with Crippen LogP contribution in [0.15, 0.2) is 12.1 Å². The van der Waals surface area contributed by atoms with E-state index in [1.165, 1.54) is 4.90 Å². The molecular formula is C15H24N4O3. The second-order valence-corrected chi connectivity index (χ2v) is 5.03. The quantitative estimate of drug-likeness (QED) is 0.663. The van der Waals surface area contributed by atoms with E-state index in [2.05, 4.69) is 15.6 Å². The first-order valence-corrected chi connectivity index (χ1v) is 7.14. The van der Waals surface area contributed by atoms with Gasteiger partial charge in [0.15, 0.2) is 0 Å². The Hall–Kier alpha value is -1.99. The Morgan fingerprint density at radius 3 is 2.55 bits per heavy atom. The van der Waals surface area contributed by atoms with E-state index in [4.69, 9.17) is 4.74 Å². The predicted molar refractivity (Wildman–Crippen MR) is 84.1 cm³/mol. The molecule has 122 valence electrons. The van der Waals surface area contributed by atoms with E-state index in [0.717, 1.165) is 6.54 Å². The number of carbonyl (C=O) groups is 2. The molecule has 0 saturated carbocycles. The average molecular weight is 308 g/mol. The van der Waals surface area contributed by atoms with Crippen molar-refractivity contribution < 1.29 is 14.3 Å². The molecule has 0 aliphatic carbocycles. The van der Waals surface area contributed by atoms with E-state index >= 15 is 0 Å². The van der Waals surface area contributed by atoms with E-state index in [1.807, 2.05) is 0 Å². The Kier molecular flexibility index (Phi) is 7.48. The molecule has 0 aliphatic heterocycles. The van der Waals surface area contributed by atoms with Crippen LogP contribution in [0.3, 0.4) is 0 Å². The van der Waals surface area contributed by atoms with Gasteiger partial charge in [0.1, 0.15) is 5.69 Å². The first-order valence-electron chi connectivity index (χ1n) is 7.14. The van der Waals surface area contributed by atoms with Gasteiger partial charge < -0.3 is 20.3 Å². The second kappa shape index (κ2) is 9.11. The molecule has 0 aromatic carbocycles. The summed E-state index contributed by atoms with van der Waals surface area (Å²) >= 11 is 0. The zero-order chi connectivity index (χ0) is 16.5. The van der Waals surface area contributed by atoms with Crippen LogP contribution in [0.4, 0.5) is 0 Å². The molecule has 0 atom stereocenters. The van der Waals surface area contributed by atoms with Crippen molar-refractivity contribution in [3.8, 4) is 0 Å². The minimum absolute atomic E-state index is 0.183. The largest absolute Gasteiger partial charge is 0.383 e. The Morgan fingerprint density at radius 1 is 1.23 bits per heavy atom. The number of aryl methyl sites for hydroxylation is 1. The number of nitrogens with zero attached hydrogens (tertiary/aromatic N) is 2. The number of aromatic nitrogens is 1. The van der Waals surface area contributed by atoms with Gasteiger partial charge in [-0.25, -0.2) is 4.98 Å². The molecule has 1 rings (SSSR count). The minimum Gasteiger partial charge on any atom is -0.383 e. The van der Waals surface area contributed by atoms with E-state index in [9.17, 15) is 9.59 Å². The lowest BCUT2D eigenvalue weighted by Gasteiger charge is -2.12. The van der Waals surface area contributed by atoms with Crippen molar-refractivity contribution in [3.63, 3.8) is 0 Å². The summed E-state index contributed by atoms with van der Waals surface area (Å²) in [4.78, 5) is 29.5. The summed E-state index contributed by atoms with van der Waals surface area (Å²) in [6.07, 6.45) is 0. The fraction of sp³-hybridized carbons (Fsp3) is 0.533. The molecule has 0 unspecified atom stereocenters. The summed E-state index contributed by atoms with van der Waals surface area (Å²) in [5, 5.41) is 5.95. The van der Waals surface area contributed by atoms with Crippen LogP contribution in [0.5, 0.6) is 0 Å². The maximum atomic E-state index is 12.1. The molecule has 0 radical (unpaired) electrons. The number of hydrogen-bond donors (Lipinski definition) is 2. The molecule has 1 aromatic heterocycles. The van der Waals surface area contributed by atoms with Gasteiger partial charge in [-0.2, -0.15) is 0 Å². The first kappa shape index (κ1) is 18.1. The van der Waals surface area contributed by atoms with Gasteiger partial charge in [-0.1, -0.05) is 0 Å². The van der Waals surface area contributed by atoms with Crippen molar-refractivity contribution in [2.24, 2.45) is 0 Å². The predicted octanol–water partition coefficient (Wildman–Crippen LogP) is 0.0576. The standard InChI is InChI=1S/C15H24N4O3/c1-11-12(5-6-13(18-11)15(21)19(2)3)14(20)17-8-7-16-9-10-22-4/h5-6,16H,7-10H2,1-4H3,(H,17,20). The number of carbonyl (C=O) groups excluding carboxylic acids is 2. The van der Waals surface area contributed by atoms with Crippen LogP contribution >= 0.6 is 0 Å². The molecule has 22 heavy (non-hydrogen) atoms. The summed E-state index contributed by atoms with van der Waals surface area (Å²) in [6, 6.07) is 3.20. The van der Waals surface area contributed by atoms with Crippen molar-refractivity contribution >= 4 is 11.8 Å². The third-order valence-corrected chi connectivity index (χ3v) is 3.03. The highest BCUT2D eigenvalue weighted by molar-refractivity contribution is 5.97. The summed E-state index contributed by atoms with van der Waals surface area (Å²) in [6.45, 7) is 4.28. The van der Waals surface area contributed by atoms with Crippen molar-refractivity contribution in [1.29, 1.82) is 0 Å². The molecule has 7 nitrogen and oxygen atoms in total. The van der Waals surface area contributed by atoms with Crippen LogP contribution < -0.4 is 10.6 Å². The van der Waals surface area contributed by atoms with E-state index < -0.39 is 0 Å². The number of methoxy groups -OCH3 is 1. The van der Waals surface area contributed by atoms with Gasteiger partial charge in [0.05, 0.1) is 17.9 Å². The minimum atomic E-state index is -0.192. The first-order chi connectivity index (χ1) is 10.5. The Bertz CT molecular complexity index is 518. The van der Waals surface area contributed by atoms with Crippen LogP contribution in [-0.4, -0.2) is 69.1 Å². The van der Waals surface area contributed by atoms with Gasteiger partial charge in [0, 0.05) is 40.8 Å². The number of amides is 2. The van der Waals surface area contributed by atoms with Crippen LogP contribution in [0.1, 0.15) is 26.5 Å². The molecule has 2 N–H and O–H groups in total. The van der Waals surface area contributed by atoms with Gasteiger partial charge in [-0.05, 0) is 19.1 Å². The Balaban J connectivity index is 2.54. The molecule has 0 fully saturated rings. The van der Waals surface area contributed by atoms with Crippen LogP contribution in [0, 0.1) is 6.92 Å². The van der Waals surface area contributed by atoms with Gasteiger partial charge in [-0.15, -0.1) is 0 Å². The maximum Gasteiger partial charge on any atom is 0.271 e. The Labute approximate surface area is 131 Å². The molecule has 0 spiro atoms. The lowest BCUT2D eigenvalue weighted by Crippen LogP contribution is -2.33. The molecular weight excluding hydrogens is 284 g/mol. The van der Waals surface area contributed by atoms with Crippen LogP contribution in [0.2, 0.25) is 0 Å². The van der Waals surface area contributed by atoms with E-state index in [-0.39, 0.29) is 11.8 Å². The number of ether oxygens (including phenoxy) is 1. The van der Waals surface area contributed by atoms with Gasteiger partial charge in [0.25, 0.3) is 11.8 Å². The number of hydrogen-bond acceptors (Lipinski definition) is 5. The molecule has 2 amide bonds. The van der Waals surface area contributed by atoms with E-state index in [0.29, 0.717) is 36.6 Å². The fourth-order valence-corrected chi connectivity index (χ4v) is 1.81. The summed E-state index contributed by atoms with van der Waals surface area (Å²) < 4.78 is 4.91. The van der Waals surface area contributed by atoms with Crippen molar-refractivity contribution in [2.75, 3.05) is 47.4 Å². The highest BCUT2D eigenvalue weighted by Gasteiger charge is 2.14. The molecule has 0 aliphatic rings. The maximum absolute atomic E-state index is 12.1. The summed E-state index contributed by atoms with van der Waals surface area (Å²) in [5.41, 5.74) is 1.35. The van der Waals surface area contributed by atoms with Crippen molar-refractivity contribution in [1.82, 2.24) is 20.5 Å². The zero-order valence-electron chi connectivity index (χ0n) is 13.6. The zero-order valence-corrected chi connectivity index (χ0v) is 13.6. The smallest absolute Gasteiger partial charge is 0.271 e. The third kappa shape index (κ3) is 5.42. The topological polar surface area (TPSA) is 83.6 Å². The molecule has 0 saturated heterocycles. The van der Waals surface area contributed by atoms with E-state index in [1.54, 1.807) is 40.3 Å². The Morgan fingerprint density at radius 2 is 1.95 bits per heavy atom. The van der Waals surface area contributed by atoms with Crippen molar-refractivity contribution in [3.05, 3.63) is 29.1 Å². The normalized spacial score (nSPS) is 10.4. The number of pyridine rings is 1. The highest BCUT2D eigenvalue weighted by atomic mass is 16.5. The van der Waals surface area contributed by atoms with Gasteiger partial charge >= 0.3 is 0 Å². The SMILES string of the molecule is COCCNCCNC(=O)c1ccc(C(=O)N(C)C)nc1C. The molecule has 1 heterocycles. The van der Waals surface area contributed by atoms with Crippen molar-refractivity contribution in [2.45, 2.75) is 6.92 Å². The average Bonchev–Trinajstić information content (AvgIpc) is 2.49. The molecule has 1 aromatic rings. The summed E-state index contributed by atoms with van der Waals surface area (Å²) in [7, 11) is 4.97.